The van der Waals surface area contributed by atoms with Crippen LogP contribution >= 0.6 is 0 Å². The lowest BCUT2D eigenvalue weighted by atomic mass is 9.45. The number of allylic oxidation sites excluding steroid dienone is 1. The molecule has 0 aliphatic heterocycles. The molecular weight excluding hydrogens is 557 g/mol. The van der Waals surface area contributed by atoms with E-state index in [2.05, 4.69) is 28.4 Å². The van der Waals surface area contributed by atoms with Gasteiger partial charge in [0, 0.05) is 12.5 Å². The Morgan fingerprint density at radius 2 is 1.89 bits per heavy atom. The molecule has 4 aliphatic carbocycles. The summed E-state index contributed by atoms with van der Waals surface area (Å²) in [6.45, 7) is 4.29. The molecule has 2 aromatic carbocycles. The highest BCUT2D eigenvalue weighted by Crippen LogP contribution is 2.67. The van der Waals surface area contributed by atoms with Crippen LogP contribution in [0.4, 0.5) is 10.3 Å². The lowest BCUT2D eigenvalue weighted by Gasteiger charge is -2.60. The summed E-state index contributed by atoms with van der Waals surface area (Å²) in [6.07, 6.45) is 7.46. The van der Waals surface area contributed by atoms with Crippen LogP contribution in [0.1, 0.15) is 57.2 Å². The molecule has 1 amide bonds. The Morgan fingerprint density at radius 3 is 2.66 bits per heavy atom. The summed E-state index contributed by atoms with van der Waals surface area (Å²) in [6, 6.07) is 14.1. The molecule has 8 nitrogen and oxygen atoms in total. The first-order valence-electron chi connectivity index (χ1n) is 15.7. The summed E-state index contributed by atoms with van der Waals surface area (Å²) >= 11 is 0. The summed E-state index contributed by atoms with van der Waals surface area (Å²) in [4.78, 5) is 18.5. The standard InChI is InChI=1S/C35H38FN5O3/c1-33-17-20-19-37-41(23-11-9-22(36)10-12-23)28(20)16-21(33)8-13-24-25-14-15-35(44,34(25,2)18-29(42)30(24)33)31(43)39-32-38-26-6-4-5-7-27(26)40(32)3/h4-7,9-12,16,19,24-25,29-30,42,44H,8,13-15,17-18H2,1-3H3,(H,38,39,43). The van der Waals surface area contributed by atoms with Gasteiger partial charge < -0.3 is 14.8 Å². The van der Waals surface area contributed by atoms with E-state index in [1.807, 2.05) is 53.7 Å². The van der Waals surface area contributed by atoms with Crippen LogP contribution in [-0.2, 0) is 18.3 Å². The van der Waals surface area contributed by atoms with Crippen molar-refractivity contribution in [2.24, 2.45) is 35.6 Å². The third kappa shape index (κ3) is 3.65. The minimum absolute atomic E-state index is 0.00754. The number of fused-ring (bicyclic) bond motifs is 7. The molecule has 2 aromatic heterocycles. The second-order valence-corrected chi connectivity index (χ2v) is 14.1. The quantitative estimate of drug-likeness (QED) is 0.293. The number of para-hydroxylation sites is 2. The van der Waals surface area contributed by atoms with E-state index >= 15 is 0 Å². The Balaban J connectivity index is 1.09. The van der Waals surface area contributed by atoms with Gasteiger partial charge in [0.25, 0.3) is 5.91 Å². The van der Waals surface area contributed by atoms with Crippen LogP contribution in [0.5, 0.6) is 0 Å². The largest absolute Gasteiger partial charge is 0.393 e. The number of hydrogen-bond donors (Lipinski definition) is 3. The molecule has 9 heteroatoms. The van der Waals surface area contributed by atoms with Gasteiger partial charge in [0.05, 0.1) is 34.7 Å². The predicted octanol–water partition coefficient (Wildman–Crippen LogP) is 5.42. The van der Waals surface area contributed by atoms with E-state index in [9.17, 15) is 19.4 Å². The van der Waals surface area contributed by atoms with Gasteiger partial charge in [-0.3, -0.25) is 10.1 Å². The molecule has 4 aromatic rings. The number of halogens is 1. The maximum absolute atomic E-state index is 13.9. The number of amides is 1. The van der Waals surface area contributed by atoms with Crippen LogP contribution in [0.15, 0.2) is 60.3 Å². The highest BCUT2D eigenvalue weighted by molar-refractivity contribution is 5.98. The van der Waals surface area contributed by atoms with E-state index in [1.54, 1.807) is 12.1 Å². The van der Waals surface area contributed by atoms with Crippen LogP contribution in [0.25, 0.3) is 22.8 Å². The predicted molar refractivity (Wildman–Crippen MR) is 165 cm³/mol. The average molecular weight is 596 g/mol. The fraction of sp³-hybridized carbons (Fsp3) is 0.457. The van der Waals surface area contributed by atoms with Gasteiger partial charge >= 0.3 is 0 Å². The summed E-state index contributed by atoms with van der Waals surface area (Å²) in [7, 11) is 1.86. The van der Waals surface area contributed by atoms with Crippen molar-refractivity contribution in [3.63, 3.8) is 0 Å². The number of aliphatic hydroxyl groups is 2. The zero-order valence-corrected chi connectivity index (χ0v) is 25.3. The SMILES string of the molecule is Cn1c(NC(=O)C2(O)CCC3C4CCC5=Cc6c(cnn6-c6ccc(F)cc6)CC5(C)C4C(O)CC32C)nc2ccccc21. The van der Waals surface area contributed by atoms with Gasteiger partial charge in [-0.05, 0) is 110 Å². The number of hydrogen-bond acceptors (Lipinski definition) is 5. The number of anilines is 1. The molecule has 3 saturated carbocycles. The lowest BCUT2D eigenvalue weighted by molar-refractivity contribution is -0.177. The average Bonchev–Trinajstić information content (AvgIpc) is 3.63. The van der Waals surface area contributed by atoms with Gasteiger partial charge in [0.15, 0.2) is 0 Å². The number of carbonyl (C=O) groups is 1. The van der Waals surface area contributed by atoms with E-state index in [4.69, 9.17) is 0 Å². The molecule has 4 aliphatic rings. The highest BCUT2D eigenvalue weighted by atomic mass is 19.1. The second-order valence-electron chi connectivity index (χ2n) is 14.1. The molecule has 228 valence electrons. The Bertz CT molecular complexity index is 1840. The summed E-state index contributed by atoms with van der Waals surface area (Å²) in [5, 5.41) is 31.8. The minimum atomic E-state index is -1.62. The number of aryl methyl sites for hydroxylation is 1. The van der Waals surface area contributed by atoms with E-state index in [-0.39, 0.29) is 29.0 Å². The van der Waals surface area contributed by atoms with Crippen molar-refractivity contribution in [2.45, 2.75) is 64.1 Å². The molecule has 2 heterocycles. The molecule has 0 bridgehead atoms. The monoisotopic (exact) mass is 595 g/mol. The van der Waals surface area contributed by atoms with Gasteiger partial charge in [-0.1, -0.05) is 31.6 Å². The molecule has 7 atom stereocenters. The Kier molecular flexibility index (Phi) is 5.88. The zero-order chi connectivity index (χ0) is 30.6. The summed E-state index contributed by atoms with van der Waals surface area (Å²) < 4.78 is 17.3. The Morgan fingerprint density at radius 1 is 1.11 bits per heavy atom. The van der Waals surface area contributed by atoms with Crippen LogP contribution < -0.4 is 5.32 Å². The molecule has 7 unspecified atom stereocenters. The topological polar surface area (TPSA) is 105 Å². The number of carbonyl (C=O) groups excluding carboxylic acids is 1. The van der Waals surface area contributed by atoms with Gasteiger partial charge in [-0.25, -0.2) is 14.1 Å². The third-order valence-corrected chi connectivity index (χ3v) is 12.0. The first-order chi connectivity index (χ1) is 21.0. The van der Waals surface area contributed by atoms with Crippen LogP contribution in [0.3, 0.4) is 0 Å². The van der Waals surface area contributed by atoms with Crippen molar-refractivity contribution >= 4 is 29.0 Å². The fourth-order valence-corrected chi connectivity index (χ4v) is 9.81. The first kappa shape index (κ1) is 27.7. The molecule has 3 fully saturated rings. The van der Waals surface area contributed by atoms with Crippen LogP contribution in [-0.4, -0.2) is 47.2 Å². The van der Waals surface area contributed by atoms with Crippen molar-refractivity contribution in [1.82, 2.24) is 19.3 Å². The number of nitrogens with zero attached hydrogens (tertiary/aromatic N) is 4. The van der Waals surface area contributed by atoms with Gasteiger partial charge in [0.2, 0.25) is 5.95 Å². The van der Waals surface area contributed by atoms with Crippen molar-refractivity contribution in [3.8, 4) is 5.69 Å². The maximum atomic E-state index is 13.9. The number of nitrogens with one attached hydrogen (secondary N) is 1. The maximum Gasteiger partial charge on any atom is 0.259 e. The second kappa shape index (κ2) is 9.34. The molecule has 44 heavy (non-hydrogen) atoms. The summed E-state index contributed by atoms with van der Waals surface area (Å²) in [5.41, 5.74) is 3.30. The normalized spacial score (nSPS) is 34.1. The van der Waals surface area contributed by atoms with Gasteiger partial charge in [0.1, 0.15) is 11.4 Å². The minimum Gasteiger partial charge on any atom is -0.393 e. The van der Waals surface area contributed by atoms with Crippen LogP contribution in [0, 0.1) is 34.4 Å². The van der Waals surface area contributed by atoms with E-state index < -0.39 is 23.0 Å². The van der Waals surface area contributed by atoms with Crippen LogP contribution in [0.2, 0.25) is 0 Å². The smallest absolute Gasteiger partial charge is 0.259 e. The molecule has 0 spiro atoms. The molecule has 0 radical (unpaired) electrons. The fourth-order valence-electron chi connectivity index (χ4n) is 9.81. The van der Waals surface area contributed by atoms with Gasteiger partial charge in [-0.15, -0.1) is 0 Å². The zero-order valence-electron chi connectivity index (χ0n) is 25.3. The van der Waals surface area contributed by atoms with Crippen molar-refractivity contribution in [1.29, 1.82) is 0 Å². The number of aliphatic hydroxyl groups excluding tert-OH is 1. The number of imidazole rings is 1. The number of benzene rings is 2. The molecule has 3 N–H and O–H groups in total. The van der Waals surface area contributed by atoms with E-state index in [1.165, 1.54) is 17.7 Å². The van der Waals surface area contributed by atoms with Gasteiger partial charge in [-0.2, -0.15) is 5.10 Å². The molecular formula is C35H38FN5O3. The van der Waals surface area contributed by atoms with E-state index in [0.29, 0.717) is 18.8 Å². The number of rotatable bonds is 3. The summed E-state index contributed by atoms with van der Waals surface area (Å²) in [5.74, 6) is -0.0207. The Hall–Kier alpha value is -3.82. The molecule has 8 rings (SSSR count). The number of aromatic nitrogens is 4. The lowest BCUT2D eigenvalue weighted by Crippen LogP contribution is -2.62. The highest BCUT2D eigenvalue weighted by Gasteiger charge is 2.68. The van der Waals surface area contributed by atoms with Crippen molar-refractivity contribution in [3.05, 3.63) is 77.4 Å². The molecule has 0 saturated heterocycles. The van der Waals surface area contributed by atoms with Crippen molar-refractivity contribution < 1.29 is 19.4 Å². The Labute approximate surface area is 255 Å². The third-order valence-electron chi connectivity index (χ3n) is 12.0. The van der Waals surface area contributed by atoms with Crippen molar-refractivity contribution in [2.75, 3.05) is 5.32 Å². The van der Waals surface area contributed by atoms with E-state index in [0.717, 1.165) is 53.7 Å². The first-order valence-corrected chi connectivity index (χ1v) is 15.7.